The van der Waals surface area contributed by atoms with Crippen molar-refractivity contribution >= 4 is 34.9 Å². The van der Waals surface area contributed by atoms with Crippen LogP contribution in [0.3, 0.4) is 0 Å². The van der Waals surface area contributed by atoms with Gasteiger partial charge in [-0.2, -0.15) is 0 Å². The smallest absolute Gasteiger partial charge is 0.311 e. The molecule has 1 amide bonds. The van der Waals surface area contributed by atoms with Crippen molar-refractivity contribution in [3.63, 3.8) is 0 Å². The molecule has 0 radical (unpaired) electrons. The molecule has 8 heteroatoms. The molecule has 7 nitrogen and oxygen atoms in total. The zero-order chi connectivity index (χ0) is 18.4. The maximum absolute atomic E-state index is 12.0. The normalized spacial score (nSPS) is 11.4. The van der Waals surface area contributed by atoms with Crippen LogP contribution in [0.2, 0.25) is 5.02 Å². The van der Waals surface area contributed by atoms with Gasteiger partial charge in [-0.1, -0.05) is 35.9 Å². The highest BCUT2D eigenvalue weighted by molar-refractivity contribution is 6.30. The first-order chi connectivity index (χ1) is 11.9. The van der Waals surface area contributed by atoms with Crippen LogP contribution in [0.5, 0.6) is 0 Å². The molecule has 0 heterocycles. The number of benzene rings is 2. The Morgan fingerprint density at radius 3 is 2.64 bits per heavy atom. The van der Waals surface area contributed by atoms with E-state index in [1.54, 1.807) is 30.3 Å². The van der Waals surface area contributed by atoms with Crippen LogP contribution in [0.25, 0.3) is 0 Å². The Kier molecular flexibility index (Phi) is 6.08. The summed E-state index contributed by atoms with van der Waals surface area (Å²) in [4.78, 5) is 34.4. The molecule has 0 saturated heterocycles. The summed E-state index contributed by atoms with van der Waals surface area (Å²) in [6.45, 7) is 1.41. The topological polar surface area (TPSA) is 98.5 Å². The average Bonchev–Trinajstić information content (AvgIpc) is 2.55. The minimum Gasteiger partial charge on any atom is -0.452 e. The van der Waals surface area contributed by atoms with Crippen molar-refractivity contribution in [2.75, 3.05) is 5.32 Å². The van der Waals surface area contributed by atoms with E-state index in [2.05, 4.69) is 5.32 Å². The summed E-state index contributed by atoms with van der Waals surface area (Å²) >= 11 is 5.83. The number of ether oxygens (including phenoxy) is 1. The molecule has 0 aliphatic rings. The van der Waals surface area contributed by atoms with E-state index in [4.69, 9.17) is 16.3 Å². The van der Waals surface area contributed by atoms with Crippen LogP contribution in [-0.4, -0.2) is 22.9 Å². The number of hydrogen-bond donors (Lipinski definition) is 1. The highest BCUT2D eigenvalue weighted by Gasteiger charge is 2.21. The van der Waals surface area contributed by atoms with E-state index in [9.17, 15) is 19.7 Å². The fourth-order valence-electron chi connectivity index (χ4n) is 2.10. The van der Waals surface area contributed by atoms with Crippen LogP contribution in [0.1, 0.15) is 12.5 Å². The summed E-state index contributed by atoms with van der Waals surface area (Å²) in [6.07, 6.45) is -1.36. The molecule has 0 aliphatic carbocycles. The van der Waals surface area contributed by atoms with Crippen molar-refractivity contribution in [2.24, 2.45) is 0 Å². The number of nitrogens with one attached hydrogen (secondary N) is 1. The zero-order valence-electron chi connectivity index (χ0n) is 13.3. The van der Waals surface area contributed by atoms with Gasteiger partial charge in [0.25, 0.3) is 11.6 Å². The van der Waals surface area contributed by atoms with Gasteiger partial charge >= 0.3 is 5.97 Å². The Hall–Kier alpha value is -2.93. The molecule has 0 fully saturated rings. The Bertz CT molecular complexity index is 809. The molecular formula is C17H15ClN2O5. The number of nitrogens with zero attached hydrogens (tertiary/aromatic N) is 1. The second-order valence-corrected chi connectivity index (χ2v) is 5.63. The van der Waals surface area contributed by atoms with Gasteiger partial charge in [-0.3, -0.25) is 19.7 Å². The van der Waals surface area contributed by atoms with Crippen LogP contribution in [0.15, 0.2) is 48.5 Å². The fraction of sp³-hybridized carbons (Fsp3) is 0.176. The molecular weight excluding hydrogens is 348 g/mol. The summed E-state index contributed by atoms with van der Waals surface area (Å²) in [5.74, 6) is -1.26. The zero-order valence-corrected chi connectivity index (χ0v) is 14.0. The Morgan fingerprint density at radius 2 is 1.96 bits per heavy atom. The van der Waals surface area contributed by atoms with Gasteiger partial charge in [0.2, 0.25) is 0 Å². The Labute approximate surface area is 148 Å². The number of carbonyl (C=O) groups excluding carboxylic acids is 2. The average molecular weight is 363 g/mol. The van der Waals surface area contributed by atoms with E-state index in [1.165, 1.54) is 25.1 Å². The van der Waals surface area contributed by atoms with Crippen LogP contribution in [0, 0.1) is 10.1 Å². The second kappa shape index (κ2) is 8.25. The number of hydrogen-bond acceptors (Lipinski definition) is 5. The lowest BCUT2D eigenvalue weighted by molar-refractivity contribution is -0.385. The number of halogens is 1. The van der Waals surface area contributed by atoms with Crippen LogP contribution >= 0.6 is 11.6 Å². The van der Waals surface area contributed by atoms with E-state index < -0.39 is 22.9 Å². The first-order valence-corrected chi connectivity index (χ1v) is 7.73. The number of rotatable bonds is 6. The third-order valence-corrected chi connectivity index (χ3v) is 3.53. The summed E-state index contributed by atoms with van der Waals surface area (Å²) in [6, 6.07) is 12.4. The summed E-state index contributed by atoms with van der Waals surface area (Å²) < 4.78 is 5.05. The molecule has 0 spiro atoms. The molecule has 1 N–H and O–H groups in total. The molecule has 0 saturated carbocycles. The van der Waals surface area contributed by atoms with Crippen molar-refractivity contribution in [2.45, 2.75) is 19.4 Å². The van der Waals surface area contributed by atoms with Crippen molar-refractivity contribution in [1.29, 1.82) is 0 Å². The molecule has 2 aromatic rings. The molecule has 2 rings (SSSR count). The predicted molar refractivity (Wildman–Crippen MR) is 92.4 cm³/mol. The summed E-state index contributed by atoms with van der Waals surface area (Å²) in [5.41, 5.74) is 0.523. The minimum atomic E-state index is -1.06. The van der Waals surface area contributed by atoms with Crippen molar-refractivity contribution in [3.8, 4) is 0 Å². The lowest BCUT2D eigenvalue weighted by atomic mass is 10.1. The molecule has 130 valence electrons. The summed E-state index contributed by atoms with van der Waals surface area (Å²) in [7, 11) is 0. The third kappa shape index (κ3) is 5.29. The van der Waals surface area contributed by atoms with Gasteiger partial charge in [0, 0.05) is 22.3 Å². The quantitative estimate of drug-likeness (QED) is 0.482. The van der Waals surface area contributed by atoms with Gasteiger partial charge in [-0.05, 0) is 25.1 Å². The number of nitro groups is 1. The van der Waals surface area contributed by atoms with Crippen LogP contribution < -0.4 is 5.32 Å². The standard InChI is InChI=1S/C17H15ClN2O5/c1-11(17(22)19-14-7-4-6-13(18)10-14)25-16(21)9-12-5-2-3-8-15(12)20(23)24/h2-8,10-11H,9H2,1H3,(H,19,22)/t11-/m0/s1. The van der Waals surface area contributed by atoms with E-state index in [-0.39, 0.29) is 17.7 Å². The Balaban J connectivity index is 1.96. The molecule has 2 aromatic carbocycles. The minimum absolute atomic E-state index is 0.171. The number of nitro benzene ring substituents is 1. The number of amides is 1. The lowest BCUT2D eigenvalue weighted by Crippen LogP contribution is -2.30. The van der Waals surface area contributed by atoms with E-state index >= 15 is 0 Å². The van der Waals surface area contributed by atoms with Crippen molar-refractivity contribution < 1.29 is 19.2 Å². The molecule has 0 aliphatic heterocycles. The van der Waals surface area contributed by atoms with Crippen LogP contribution in [-0.2, 0) is 20.7 Å². The fourth-order valence-corrected chi connectivity index (χ4v) is 2.29. The molecule has 0 unspecified atom stereocenters. The largest absolute Gasteiger partial charge is 0.452 e. The number of carbonyl (C=O) groups is 2. The maximum atomic E-state index is 12.0. The number of esters is 1. The molecule has 1 atom stereocenters. The van der Waals surface area contributed by atoms with Gasteiger partial charge in [0.15, 0.2) is 6.10 Å². The van der Waals surface area contributed by atoms with Gasteiger partial charge in [0.05, 0.1) is 11.3 Å². The summed E-state index contributed by atoms with van der Waals surface area (Å²) in [5, 5.41) is 14.0. The number of para-hydroxylation sites is 1. The molecule has 25 heavy (non-hydrogen) atoms. The predicted octanol–water partition coefficient (Wildman–Crippen LogP) is 3.36. The highest BCUT2D eigenvalue weighted by atomic mass is 35.5. The third-order valence-electron chi connectivity index (χ3n) is 3.29. The lowest BCUT2D eigenvalue weighted by Gasteiger charge is -2.13. The van der Waals surface area contributed by atoms with E-state index in [0.29, 0.717) is 10.7 Å². The van der Waals surface area contributed by atoms with Crippen molar-refractivity contribution in [3.05, 3.63) is 69.2 Å². The first-order valence-electron chi connectivity index (χ1n) is 7.35. The first kappa shape index (κ1) is 18.4. The molecule has 0 aromatic heterocycles. The van der Waals surface area contributed by atoms with Crippen LogP contribution in [0.4, 0.5) is 11.4 Å². The monoisotopic (exact) mass is 362 g/mol. The number of anilines is 1. The van der Waals surface area contributed by atoms with E-state index in [0.717, 1.165) is 0 Å². The van der Waals surface area contributed by atoms with Crippen molar-refractivity contribution in [1.82, 2.24) is 0 Å². The highest BCUT2D eigenvalue weighted by Crippen LogP contribution is 2.19. The van der Waals surface area contributed by atoms with Gasteiger partial charge in [0.1, 0.15) is 0 Å². The van der Waals surface area contributed by atoms with E-state index in [1.807, 2.05) is 0 Å². The van der Waals surface area contributed by atoms with Gasteiger partial charge < -0.3 is 10.1 Å². The Morgan fingerprint density at radius 1 is 1.24 bits per heavy atom. The second-order valence-electron chi connectivity index (χ2n) is 5.19. The maximum Gasteiger partial charge on any atom is 0.311 e. The SMILES string of the molecule is C[C@H](OC(=O)Cc1ccccc1[N+](=O)[O-])C(=O)Nc1cccc(Cl)c1. The van der Waals surface area contributed by atoms with Gasteiger partial charge in [-0.25, -0.2) is 0 Å². The molecule has 0 bridgehead atoms. The van der Waals surface area contributed by atoms with Gasteiger partial charge in [-0.15, -0.1) is 0 Å².